The van der Waals surface area contributed by atoms with Gasteiger partial charge < -0.3 is 15.5 Å². The molecule has 0 aliphatic carbocycles. The summed E-state index contributed by atoms with van der Waals surface area (Å²) in [7, 11) is 1.90. The molecule has 1 aromatic rings. The molecule has 1 fully saturated rings. The summed E-state index contributed by atoms with van der Waals surface area (Å²) in [4.78, 5) is 14.0. The minimum atomic E-state index is -0.0672. The molecule has 0 spiro atoms. The normalized spacial score (nSPS) is 18.1. The number of hydrogen-bond acceptors (Lipinski definition) is 3. The Labute approximate surface area is 113 Å². The van der Waals surface area contributed by atoms with Crippen molar-refractivity contribution in [1.29, 1.82) is 5.26 Å². The van der Waals surface area contributed by atoms with Gasteiger partial charge in [-0.1, -0.05) is 0 Å². The number of carbonyl (C=O) groups is 1. The van der Waals surface area contributed by atoms with Gasteiger partial charge in [-0.25, -0.2) is 4.79 Å². The van der Waals surface area contributed by atoms with Crippen LogP contribution in [0.5, 0.6) is 0 Å². The summed E-state index contributed by atoms with van der Waals surface area (Å²) in [6, 6.07) is 9.15. The van der Waals surface area contributed by atoms with Crippen LogP contribution in [0.2, 0.25) is 0 Å². The molecule has 0 radical (unpaired) electrons. The van der Waals surface area contributed by atoms with E-state index in [1.165, 1.54) is 0 Å². The number of hydrogen-bond donors (Lipinski definition) is 2. The van der Waals surface area contributed by atoms with Gasteiger partial charge in [-0.2, -0.15) is 5.26 Å². The van der Waals surface area contributed by atoms with Crippen molar-refractivity contribution in [1.82, 2.24) is 10.2 Å². The van der Waals surface area contributed by atoms with Crippen LogP contribution in [-0.2, 0) is 0 Å². The molecule has 1 heterocycles. The number of urea groups is 1. The highest BCUT2D eigenvalue weighted by molar-refractivity contribution is 5.89. The lowest BCUT2D eigenvalue weighted by atomic mass is 10.2. The molecular weight excluding hydrogens is 240 g/mol. The number of benzene rings is 1. The topological polar surface area (TPSA) is 68.2 Å². The van der Waals surface area contributed by atoms with Gasteiger partial charge in [-0.05, 0) is 44.2 Å². The molecule has 0 bridgehead atoms. The van der Waals surface area contributed by atoms with E-state index in [4.69, 9.17) is 5.26 Å². The number of rotatable bonds is 3. The molecule has 19 heavy (non-hydrogen) atoms. The van der Waals surface area contributed by atoms with Crippen molar-refractivity contribution in [2.75, 3.05) is 25.5 Å². The zero-order chi connectivity index (χ0) is 13.7. The van der Waals surface area contributed by atoms with Crippen LogP contribution >= 0.6 is 0 Å². The van der Waals surface area contributed by atoms with E-state index < -0.39 is 0 Å². The molecule has 0 saturated carbocycles. The van der Waals surface area contributed by atoms with Crippen molar-refractivity contribution in [3.63, 3.8) is 0 Å². The summed E-state index contributed by atoms with van der Waals surface area (Å²) < 4.78 is 0. The predicted octanol–water partition coefficient (Wildman–Crippen LogP) is 1.77. The van der Waals surface area contributed by atoms with E-state index in [0.717, 1.165) is 31.6 Å². The van der Waals surface area contributed by atoms with Gasteiger partial charge in [-0.3, -0.25) is 0 Å². The Morgan fingerprint density at radius 2 is 2.21 bits per heavy atom. The summed E-state index contributed by atoms with van der Waals surface area (Å²) >= 11 is 0. The van der Waals surface area contributed by atoms with Crippen molar-refractivity contribution in [2.24, 2.45) is 0 Å². The fourth-order valence-corrected chi connectivity index (χ4v) is 2.37. The maximum atomic E-state index is 12.2. The number of nitriles is 1. The van der Waals surface area contributed by atoms with E-state index >= 15 is 0 Å². The number of likely N-dealkylation sites (tertiary alicyclic amines) is 1. The average Bonchev–Trinajstić information content (AvgIpc) is 2.88. The van der Waals surface area contributed by atoms with Gasteiger partial charge in [0.05, 0.1) is 11.6 Å². The average molecular weight is 258 g/mol. The third-order valence-electron chi connectivity index (χ3n) is 3.34. The molecule has 1 saturated heterocycles. The van der Waals surface area contributed by atoms with E-state index in [2.05, 4.69) is 16.7 Å². The van der Waals surface area contributed by atoms with E-state index in [1.54, 1.807) is 24.3 Å². The number of nitrogens with one attached hydrogen (secondary N) is 2. The molecule has 1 aliphatic rings. The van der Waals surface area contributed by atoms with Crippen molar-refractivity contribution in [3.8, 4) is 6.07 Å². The van der Waals surface area contributed by atoms with Crippen LogP contribution < -0.4 is 10.6 Å². The van der Waals surface area contributed by atoms with Crippen LogP contribution in [0.3, 0.4) is 0 Å². The lowest BCUT2D eigenvalue weighted by molar-refractivity contribution is 0.206. The molecule has 2 rings (SSSR count). The van der Waals surface area contributed by atoms with E-state index in [1.807, 2.05) is 11.9 Å². The first-order valence-electron chi connectivity index (χ1n) is 6.47. The standard InChI is InChI=1S/C14H18N4O/c1-16-10-13-3-2-8-18(13)14(19)17-12-6-4-11(9-15)5-7-12/h4-7,13,16H,2-3,8,10H2,1H3,(H,17,19). The van der Waals surface area contributed by atoms with E-state index in [0.29, 0.717) is 5.56 Å². The Bertz CT molecular complexity index is 477. The zero-order valence-electron chi connectivity index (χ0n) is 11.0. The number of carbonyl (C=O) groups excluding carboxylic acids is 1. The highest BCUT2D eigenvalue weighted by Crippen LogP contribution is 2.18. The first kappa shape index (κ1) is 13.4. The first-order chi connectivity index (χ1) is 9.24. The maximum absolute atomic E-state index is 12.2. The SMILES string of the molecule is CNCC1CCCN1C(=O)Nc1ccc(C#N)cc1. The Balaban J connectivity index is 1.98. The summed E-state index contributed by atoms with van der Waals surface area (Å²) in [6.45, 7) is 1.62. The van der Waals surface area contributed by atoms with Gasteiger partial charge in [0, 0.05) is 24.8 Å². The number of amides is 2. The molecule has 0 aromatic heterocycles. The molecule has 2 N–H and O–H groups in total. The molecule has 5 nitrogen and oxygen atoms in total. The smallest absolute Gasteiger partial charge is 0.320 e. The summed E-state index contributed by atoms with van der Waals surface area (Å²) in [6.07, 6.45) is 2.09. The van der Waals surface area contributed by atoms with Crippen molar-refractivity contribution < 1.29 is 4.79 Å². The quantitative estimate of drug-likeness (QED) is 0.868. The summed E-state index contributed by atoms with van der Waals surface area (Å²) in [5, 5.41) is 14.7. The largest absolute Gasteiger partial charge is 0.322 e. The van der Waals surface area contributed by atoms with Crippen LogP contribution in [0.1, 0.15) is 18.4 Å². The Morgan fingerprint density at radius 1 is 1.47 bits per heavy atom. The number of likely N-dealkylation sites (N-methyl/N-ethyl adjacent to an activating group) is 1. The van der Waals surface area contributed by atoms with Crippen molar-refractivity contribution in [2.45, 2.75) is 18.9 Å². The third kappa shape index (κ3) is 3.24. The van der Waals surface area contributed by atoms with Gasteiger partial charge in [0.2, 0.25) is 0 Å². The minimum Gasteiger partial charge on any atom is -0.320 e. The van der Waals surface area contributed by atoms with Gasteiger partial charge >= 0.3 is 6.03 Å². The van der Waals surface area contributed by atoms with Crippen molar-refractivity contribution >= 4 is 11.7 Å². The van der Waals surface area contributed by atoms with Gasteiger partial charge in [0.15, 0.2) is 0 Å². The van der Waals surface area contributed by atoms with Crippen LogP contribution in [0, 0.1) is 11.3 Å². The van der Waals surface area contributed by atoms with Crippen LogP contribution in [-0.4, -0.2) is 37.1 Å². The van der Waals surface area contributed by atoms with Crippen LogP contribution in [0.25, 0.3) is 0 Å². The second-order valence-corrected chi connectivity index (χ2v) is 4.67. The summed E-state index contributed by atoms with van der Waals surface area (Å²) in [5.41, 5.74) is 1.31. The third-order valence-corrected chi connectivity index (χ3v) is 3.34. The Hall–Kier alpha value is -2.06. The lowest BCUT2D eigenvalue weighted by Crippen LogP contribution is -2.43. The first-order valence-corrected chi connectivity index (χ1v) is 6.47. The molecule has 5 heteroatoms. The molecule has 1 aliphatic heterocycles. The molecule has 2 amide bonds. The summed E-state index contributed by atoms with van der Waals surface area (Å²) in [5.74, 6) is 0. The van der Waals surface area contributed by atoms with E-state index in [9.17, 15) is 4.79 Å². The minimum absolute atomic E-state index is 0.0672. The van der Waals surface area contributed by atoms with Crippen LogP contribution in [0.15, 0.2) is 24.3 Å². The predicted molar refractivity (Wildman–Crippen MR) is 73.8 cm³/mol. The molecule has 100 valence electrons. The van der Waals surface area contributed by atoms with Crippen molar-refractivity contribution in [3.05, 3.63) is 29.8 Å². The van der Waals surface area contributed by atoms with Gasteiger partial charge in [0.1, 0.15) is 0 Å². The molecule has 1 unspecified atom stereocenters. The highest BCUT2D eigenvalue weighted by atomic mass is 16.2. The second kappa shape index (κ2) is 6.21. The van der Waals surface area contributed by atoms with Gasteiger partial charge in [0.25, 0.3) is 0 Å². The number of nitrogens with zero attached hydrogens (tertiary/aromatic N) is 2. The Kier molecular flexibility index (Phi) is 4.37. The number of anilines is 1. The fraction of sp³-hybridized carbons (Fsp3) is 0.429. The van der Waals surface area contributed by atoms with E-state index in [-0.39, 0.29) is 12.1 Å². The fourth-order valence-electron chi connectivity index (χ4n) is 2.37. The maximum Gasteiger partial charge on any atom is 0.322 e. The zero-order valence-corrected chi connectivity index (χ0v) is 11.0. The lowest BCUT2D eigenvalue weighted by Gasteiger charge is -2.24. The molecule has 1 aromatic carbocycles. The molecular formula is C14H18N4O. The van der Waals surface area contributed by atoms with Gasteiger partial charge in [-0.15, -0.1) is 0 Å². The Morgan fingerprint density at radius 3 is 2.84 bits per heavy atom. The monoisotopic (exact) mass is 258 g/mol. The highest BCUT2D eigenvalue weighted by Gasteiger charge is 2.27. The molecule has 1 atom stereocenters. The van der Waals surface area contributed by atoms with Crippen LogP contribution in [0.4, 0.5) is 10.5 Å². The second-order valence-electron chi connectivity index (χ2n) is 4.67.